The van der Waals surface area contributed by atoms with E-state index in [2.05, 4.69) is 15.2 Å². The first-order chi connectivity index (χ1) is 12.2. The number of nitrogens with one attached hydrogen (secondary N) is 1. The van der Waals surface area contributed by atoms with Crippen molar-refractivity contribution < 1.29 is 9.90 Å². The van der Waals surface area contributed by atoms with Gasteiger partial charge in [-0.05, 0) is 43.4 Å². The smallest absolute Gasteiger partial charge is 0.220 e. The summed E-state index contributed by atoms with van der Waals surface area (Å²) in [4.78, 5) is 19.0. The van der Waals surface area contributed by atoms with Crippen molar-refractivity contribution in [2.24, 2.45) is 0 Å². The molecule has 2 heterocycles. The van der Waals surface area contributed by atoms with Gasteiger partial charge in [0.05, 0.1) is 0 Å². The number of piperidine rings is 1. The molecule has 0 saturated carbocycles. The third kappa shape index (κ3) is 4.72. The summed E-state index contributed by atoms with van der Waals surface area (Å²) in [6.45, 7) is 2.55. The number of aromatic nitrogens is 1. The van der Waals surface area contributed by atoms with Gasteiger partial charge in [-0.2, -0.15) is 0 Å². The maximum Gasteiger partial charge on any atom is 0.220 e. The Balaban J connectivity index is 1.54. The first-order valence-corrected chi connectivity index (χ1v) is 8.96. The minimum Gasteiger partial charge on any atom is -0.508 e. The average molecular weight is 339 g/mol. The Kier molecular flexibility index (Phi) is 5.88. The molecule has 0 radical (unpaired) electrons. The molecule has 5 nitrogen and oxygen atoms in total. The fraction of sp³-hybridized carbons (Fsp3) is 0.400. The van der Waals surface area contributed by atoms with Crippen molar-refractivity contribution in [3.8, 4) is 5.75 Å². The lowest BCUT2D eigenvalue weighted by molar-refractivity contribution is -0.121. The van der Waals surface area contributed by atoms with Crippen LogP contribution in [0.25, 0.3) is 0 Å². The quantitative estimate of drug-likeness (QED) is 0.849. The minimum atomic E-state index is -0.0169. The summed E-state index contributed by atoms with van der Waals surface area (Å²) < 4.78 is 0. The van der Waals surface area contributed by atoms with Gasteiger partial charge >= 0.3 is 0 Å². The number of aromatic hydroxyl groups is 1. The molecule has 0 atom stereocenters. The first-order valence-electron chi connectivity index (χ1n) is 8.96. The average Bonchev–Trinajstić information content (AvgIpc) is 2.66. The molecular formula is C20H25N3O2. The number of anilines is 1. The number of carbonyl (C=O) groups is 1. The Bertz CT molecular complexity index is 712. The number of nitrogens with zero attached hydrogens (tertiary/aromatic N) is 2. The number of carbonyl (C=O) groups excluding carboxylic acids is 1. The van der Waals surface area contributed by atoms with E-state index in [4.69, 9.17) is 0 Å². The van der Waals surface area contributed by atoms with Gasteiger partial charge in [0.2, 0.25) is 5.91 Å². The molecule has 1 aliphatic rings. The molecule has 1 fully saturated rings. The summed E-state index contributed by atoms with van der Waals surface area (Å²) in [5.74, 6) is 1.22. The molecule has 5 heteroatoms. The van der Waals surface area contributed by atoms with E-state index in [-0.39, 0.29) is 11.7 Å². The molecule has 1 aromatic heterocycles. The fourth-order valence-electron chi connectivity index (χ4n) is 3.21. The van der Waals surface area contributed by atoms with Crippen molar-refractivity contribution in [2.45, 2.75) is 38.6 Å². The van der Waals surface area contributed by atoms with Gasteiger partial charge in [-0.3, -0.25) is 4.79 Å². The summed E-state index contributed by atoms with van der Waals surface area (Å²) in [6.07, 6.45) is 6.38. The van der Waals surface area contributed by atoms with E-state index >= 15 is 0 Å². The number of rotatable bonds is 6. The molecule has 1 aromatic carbocycles. The highest BCUT2D eigenvalue weighted by atomic mass is 16.3. The number of hydrogen-bond donors (Lipinski definition) is 2. The lowest BCUT2D eigenvalue weighted by atomic mass is 10.1. The standard InChI is InChI=1S/C20H25N3O2/c24-18-9-3-2-7-16(18)10-11-19(25)22-15-17-8-6-12-21-20(17)23-13-4-1-5-14-23/h2-3,6-9,12,24H,1,4-5,10-11,13-15H2,(H,22,25). The first kappa shape index (κ1) is 17.3. The number of phenolic OH excluding ortho intramolecular Hbond substituents is 1. The van der Waals surface area contributed by atoms with E-state index in [0.717, 1.165) is 30.0 Å². The van der Waals surface area contributed by atoms with Crippen LogP contribution in [0, 0.1) is 0 Å². The maximum absolute atomic E-state index is 12.2. The number of amides is 1. The molecular weight excluding hydrogens is 314 g/mol. The van der Waals surface area contributed by atoms with Crippen molar-refractivity contribution in [2.75, 3.05) is 18.0 Å². The largest absolute Gasteiger partial charge is 0.508 e. The van der Waals surface area contributed by atoms with Crippen LogP contribution < -0.4 is 10.2 Å². The minimum absolute atomic E-state index is 0.0169. The summed E-state index contributed by atoms with van der Waals surface area (Å²) >= 11 is 0. The Labute approximate surface area is 148 Å². The number of para-hydroxylation sites is 1. The van der Waals surface area contributed by atoms with Gasteiger partial charge < -0.3 is 15.3 Å². The third-order valence-electron chi connectivity index (χ3n) is 4.61. The molecule has 1 aliphatic heterocycles. The van der Waals surface area contributed by atoms with Gasteiger partial charge in [-0.25, -0.2) is 4.98 Å². The van der Waals surface area contributed by atoms with Crippen LogP contribution in [-0.4, -0.2) is 29.1 Å². The Morgan fingerprint density at radius 2 is 1.84 bits per heavy atom. The number of pyridine rings is 1. The predicted molar refractivity (Wildman–Crippen MR) is 98.6 cm³/mol. The topological polar surface area (TPSA) is 65.5 Å². The highest BCUT2D eigenvalue weighted by Crippen LogP contribution is 2.21. The molecule has 2 N–H and O–H groups in total. The molecule has 0 unspecified atom stereocenters. The van der Waals surface area contributed by atoms with Gasteiger partial charge in [0, 0.05) is 37.8 Å². The SMILES string of the molecule is O=C(CCc1ccccc1O)NCc1cccnc1N1CCCCC1. The molecule has 1 saturated heterocycles. The molecule has 2 aromatic rings. The van der Waals surface area contributed by atoms with Crippen LogP contribution in [0.15, 0.2) is 42.6 Å². The molecule has 3 rings (SSSR count). The summed E-state index contributed by atoms with van der Waals surface area (Å²) in [5, 5.41) is 12.7. The zero-order chi connectivity index (χ0) is 17.5. The Morgan fingerprint density at radius 1 is 1.08 bits per heavy atom. The van der Waals surface area contributed by atoms with Crippen LogP contribution in [0.4, 0.5) is 5.82 Å². The maximum atomic E-state index is 12.2. The fourth-order valence-corrected chi connectivity index (χ4v) is 3.21. The zero-order valence-corrected chi connectivity index (χ0v) is 14.4. The van der Waals surface area contributed by atoms with E-state index in [9.17, 15) is 9.90 Å². The van der Waals surface area contributed by atoms with Crippen molar-refractivity contribution >= 4 is 11.7 Å². The van der Waals surface area contributed by atoms with Crippen LogP contribution in [-0.2, 0) is 17.8 Å². The Morgan fingerprint density at radius 3 is 2.64 bits per heavy atom. The van der Waals surface area contributed by atoms with Gasteiger partial charge in [0.15, 0.2) is 0 Å². The highest BCUT2D eigenvalue weighted by molar-refractivity contribution is 5.76. The zero-order valence-electron chi connectivity index (χ0n) is 14.4. The number of hydrogen-bond acceptors (Lipinski definition) is 4. The molecule has 0 aliphatic carbocycles. The number of phenols is 1. The van der Waals surface area contributed by atoms with Gasteiger partial charge in [-0.15, -0.1) is 0 Å². The monoisotopic (exact) mass is 339 g/mol. The lowest BCUT2D eigenvalue weighted by Crippen LogP contribution is -2.32. The van der Waals surface area contributed by atoms with Gasteiger partial charge in [0.1, 0.15) is 11.6 Å². The molecule has 1 amide bonds. The number of benzene rings is 1. The van der Waals surface area contributed by atoms with Crippen LogP contribution >= 0.6 is 0 Å². The van der Waals surface area contributed by atoms with Crippen LogP contribution in [0.3, 0.4) is 0 Å². The molecule has 0 spiro atoms. The van der Waals surface area contributed by atoms with Gasteiger partial charge in [-0.1, -0.05) is 24.3 Å². The summed E-state index contributed by atoms with van der Waals surface area (Å²) in [7, 11) is 0. The van der Waals surface area contributed by atoms with Crippen LogP contribution in [0.2, 0.25) is 0 Å². The Hall–Kier alpha value is -2.56. The number of aryl methyl sites for hydroxylation is 1. The van der Waals surface area contributed by atoms with Crippen molar-refractivity contribution in [3.63, 3.8) is 0 Å². The predicted octanol–water partition coefficient (Wildman–Crippen LogP) is 3.03. The lowest BCUT2D eigenvalue weighted by Gasteiger charge is -2.29. The summed E-state index contributed by atoms with van der Waals surface area (Å²) in [6, 6.07) is 11.1. The molecule has 0 bridgehead atoms. The van der Waals surface area contributed by atoms with Gasteiger partial charge in [0.25, 0.3) is 0 Å². The van der Waals surface area contributed by atoms with Crippen molar-refractivity contribution in [1.29, 1.82) is 0 Å². The van der Waals surface area contributed by atoms with E-state index in [1.165, 1.54) is 19.3 Å². The van der Waals surface area contributed by atoms with Crippen molar-refractivity contribution in [1.82, 2.24) is 10.3 Å². The normalized spacial score (nSPS) is 14.3. The third-order valence-corrected chi connectivity index (χ3v) is 4.61. The second-order valence-electron chi connectivity index (χ2n) is 6.44. The van der Waals surface area contributed by atoms with Crippen molar-refractivity contribution in [3.05, 3.63) is 53.7 Å². The van der Waals surface area contributed by atoms with E-state index in [0.29, 0.717) is 19.4 Å². The second-order valence-corrected chi connectivity index (χ2v) is 6.44. The highest BCUT2D eigenvalue weighted by Gasteiger charge is 2.15. The van der Waals surface area contributed by atoms with E-state index in [1.54, 1.807) is 12.1 Å². The van der Waals surface area contributed by atoms with Crippen LogP contribution in [0.5, 0.6) is 5.75 Å². The van der Waals surface area contributed by atoms with E-state index in [1.807, 2.05) is 30.5 Å². The summed E-state index contributed by atoms with van der Waals surface area (Å²) in [5.41, 5.74) is 1.85. The van der Waals surface area contributed by atoms with Crippen LogP contribution in [0.1, 0.15) is 36.8 Å². The van der Waals surface area contributed by atoms with E-state index < -0.39 is 0 Å². The molecule has 25 heavy (non-hydrogen) atoms. The molecule has 132 valence electrons. The second kappa shape index (κ2) is 8.51.